The fourth-order valence-corrected chi connectivity index (χ4v) is 4.89. The van der Waals surface area contributed by atoms with Gasteiger partial charge in [-0.05, 0) is 64.3 Å². The van der Waals surface area contributed by atoms with E-state index in [9.17, 15) is 9.90 Å². The third-order valence-electron chi connectivity index (χ3n) is 6.72. The van der Waals surface area contributed by atoms with Crippen LogP contribution >= 0.6 is 0 Å². The summed E-state index contributed by atoms with van der Waals surface area (Å²) in [7, 11) is 0. The van der Waals surface area contributed by atoms with E-state index in [1.807, 2.05) is 18.7 Å². The maximum Gasteiger partial charge on any atom is 0.410 e. The minimum absolute atomic E-state index is 0.0981. The summed E-state index contributed by atoms with van der Waals surface area (Å²) in [6.07, 6.45) is 0.419. The molecule has 2 saturated heterocycles. The van der Waals surface area contributed by atoms with Crippen LogP contribution in [0.4, 0.5) is 4.79 Å². The van der Waals surface area contributed by atoms with E-state index in [0.29, 0.717) is 31.2 Å². The predicted molar refractivity (Wildman–Crippen MR) is 127 cm³/mol. The molecular formula is C25H37N5O4. The summed E-state index contributed by atoms with van der Waals surface area (Å²) in [5.41, 5.74) is 4.85. The molecule has 1 aromatic carbocycles. The topological polar surface area (TPSA) is 104 Å². The number of rotatable bonds is 6. The number of ether oxygens (including phenoxy) is 1. The lowest BCUT2D eigenvalue weighted by Crippen LogP contribution is -2.54. The fourth-order valence-electron chi connectivity index (χ4n) is 4.89. The number of nitrogens with one attached hydrogen (secondary N) is 1. The van der Waals surface area contributed by atoms with E-state index in [0.717, 1.165) is 31.7 Å². The van der Waals surface area contributed by atoms with Gasteiger partial charge in [0.2, 0.25) is 11.8 Å². The molecule has 0 radical (unpaired) electrons. The van der Waals surface area contributed by atoms with Crippen molar-refractivity contribution in [2.45, 2.75) is 78.3 Å². The molecule has 1 aromatic heterocycles. The maximum atomic E-state index is 12.4. The van der Waals surface area contributed by atoms with Crippen molar-refractivity contribution < 1.29 is 19.1 Å². The normalized spacial score (nSPS) is 23.6. The second-order valence-electron chi connectivity index (χ2n) is 9.92. The number of piperazine rings is 1. The van der Waals surface area contributed by atoms with Crippen LogP contribution < -0.4 is 5.32 Å². The summed E-state index contributed by atoms with van der Waals surface area (Å²) in [6.45, 7) is 13.9. The van der Waals surface area contributed by atoms with Crippen molar-refractivity contribution in [2.75, 3.05) is 26.2 Å². The van der Waals surface area contributed by atoms with E-state index < -0.39 is 6.10 Å². The lowest BCUT2D eigenvalue weighted by Gasteiger charge is -2.39. The number of aliphatic hydroxyl groups excluding tert-OH is 1. The quantitative estimate of drug-likeness (QED) is 0.663. The Kier molecular flexibility index (Phi) is 7.54. The number of aromatic nitrogens is 2. The Morgan fingerprint density at radius 3 is 2.71 bits per heavy atom. The number of benzene rings is 1. The molecule has 0 saturated carbocycles. The Morgan fingerprint density at radius 1 is 1.26 bits per heavy atom. The standard InChI is InChI=1S/C25H37N5O4/c1-15(2)33-25(32)30-9-8-29(13-17(30)4)14-20-11-16(3)10-19(18(20)5)12-22-27-28-24(34-22)23-21(31)6-7-26-23/h10-11,15,17,21,23,26,31H,6-9,12-14H2,1-5H3/t17-,21+,23-/m0/s1. The second-order valence-corrected chi connectivity index (χ2v) is 9.92. The number of carbonyl (C=O) groups is 1. The molecule has 3 heterocycles. The first-order valence-corrected chi connectivity index (χ1v) is 12.2. The van der Waals surface area contributed by atoms with E-state index in [4.69, 9.17) is 9.15 Å². The number of amides is 1. The van der Waals surface area contributed by atoms with Crippen LogP contribution in [0.5, 0.6) is 0 Å². The molecule has 4 rings (SSSR count). The highest BCUT2D eigenvalue weighted by molar-refractivity contribution is 5.68. The highest BCUT2D eigenvalue weighted by Gasteiger charge is 2.31. The van der Waals surface area contributed by atoms with Gasteiger partial charge in [-0.3, -0.25) is 4.90 Å². The van der Waals surface area contributed by atoms with E-state index >= 15 is 0 Å². The van der Waals surface area contributed by atoms with E-state index in [1.165, 1.54) is 16.7 Å². The largest absolute Gasteiger partial charge is 0.447 e. The molecule has 1 amide bonds. The van der Waals surface area contributed by atoms with Gasteiger partial charge in [-0.2, -0.15) is 0 Å². The SMILES string of the molecule is Cc1cc(Cc2nnc([C@H]3NCC[C@H]3O)o2)c(C)c(CN2CCN(C(=O)OC(C)C)[C@@H](C)C2)c1. The van der Waals surface area contributed by atoms with Gasteiger partial charge in [-0.15, -0.1) is 10.2 Å². The molecule has 2 aliphatic rings. The Morgan fingerprint density at radius 2 is 2.03 bits per heavy atom. The van der Waals surface area contributed by atoms with Crippen LogP contribution in [-0.4, -0.2) is 75.6 Å². The molecule has 2 N–H and O–H groups in total. The minimum Gasteiger partial charge on any atom is -0.447 e. The number of aliphatic hydroxyl groups is 1. The smallest absolute Gasteiger partial charge is 0.410 e. The van der Waals surface area contributed by atoms with Crippen molar-refractivity contribution in [1.82, 2.24) is 25.3 Å². The van der Waals surface area contributed by atoms with Gasteiger partial charge in [0.05, 0.1) is 18.6 Å². The van der Waals surface area contributed by atoms with Crippen LogP contribution in [0.3, 0.4) is 0 Å². The first-order chi connectivity index (χ1) is 16.2. The number of hydrogen-bond donors (Lipinski definition) is 2. The van der Waals surface area contributed by atoms with Crippen molar-refractivity contribution in [3.8, 4) is 0 Å². The molecule has 3 atom stereocenters. The van der Waals surface area contributed by atoms with Gasteiger partial charge in [-0.1, -0.05) is 17.7 Å². The monoisotopic (exact) mass is 471 g/mol. The van der Waals surface area contributed by atoms with Crippen molar-refractivity contribution >= 4 is 6.09 Å². The molecule has 0 spiro atoms. The molecule has 2 fully saturated rings. The first kappa shape index (κ1) is 24.6. The van der Waals surface area contributed by atoms with Gasteiger partial charge in [0.25, 0.3) is 0 Å². The van der Waals surface area contributed by atoms with Crippen LogP contribution in [-0.2, 0) is 17.7 Å². The van der Waals surface area contributed by atoms with Crippen LogP contribution in [0.15, 0.2) is 16.5 Å². The van der Waals surface area contributed by atoms with Crippen LogP contribution in [0.1, 0.15) is 67.3 Å². The Labute approximate surface area is 201 Å². The minimum atomic E-state index is -0.490. The summed E-state index contributed by atoms with van der Waals surface area (Å²) in [4.78, 5) is 16.6. The lowest BCUT2D eigenvalue weighted by atomic mass is 9.96. The van der Waals surface area contributed by atoms with Crippen molar-refractivity contribution in [3.05, 3.63) is 46.2 Å². The molecule has 0 aliphatic carbocycles. The van der Waals surface area contributed by atoms with Gasteiger partial charge in [0, 0.05) is 32.2 Å². The van der Waals surface area contributed by atoms with E-state index in [2.05, 4.69) is 53.3 Å². The van der Waals surface area contributed by atoms with Gasteiger partial charge >= 0.3 is 6.09 Å². The fraction of sp³-hybridized carbons (Fsp3) is 0.640. The Bertz CT molecular complexity index is 1010. The molecular weight excluding hydrogens is 434 g/mol. The van der Waals surface area contributed by atoms with Gasteiger partial charge in [0.15, 0.2) is 0 Å². The van der Waals surface area contributed by atoms with Crippen molar-refractivity contribution in [3.63, 3.8) is 0 Å². The zero-order chi connectivity index (χ0) is 24.4. The third-order valence-corrected chi connectivity index (χ3v) is 6.72. The molecule has 34 heavy (non-hydrogen) atoms. The lowest BCUT2D eigenvalue weighted by molar-refractivity contribution is 0.0349. The molecule has 2 aliphatic heterocycles. The molecule has 9 heteroatoms. The van der Waals surface area contributed by atoms with Crippen molar-refractivity contribution in [1.29, 1.82) is 0 Å². The summed E-state index contributed by atoms with van der Waals surface area (Å²) in [6, 6.07) is 4.23. The molecule has 2 aromatic rings. The zero-order valence-electron chi connectivity index (χ0n) is 20.9. The zero-order valence-corrected chi connectivity index (χ0v) is 20.9. The number of nitrogens with zero attached hydrogens (tertiary/aromatic N) is 4. The average Bonchev–Trinajstić information content (AvgIpc) is 3.39. The molecule has 0 unspecified atom stereocenters. The molecule has 9 nitrogen and oxygen atoms in total. The van der Waals surface area contributed by atoms with Gasteiger partial charge in [-0.25, -0.2) is 4.79 Å². The summed E-state index contributed by atoms with van der Waals surface area (Å²) in [5, 5.41) is 21.7. The van der Waals surface area contributed by atoms with Gasteiger partial charge in [0.1, 0.15) is 6.04 Å². The van der Waals surface area contributed by atoms with Crippen molar-refractivity contribution in [2.24, 2.45) is 0 Å². The highest BCUT2D eigenvalue weighted by atomic mass is 16.6. The van der Waals surface area contributed by atoms with Crippen LogP contribution in [0, 0.1) is 13.8 Å². The Hall–Kier alpha value is -2.49. The number of hydrogen-bond acceptors (Lipinski definition) is 8. The second kappa shape index (κ2) is 10.4. The van der Waals surface area contributed by atoms with Gasteiger partial charge < -0.3 is 24.5 Å². The summed E-state index contributed by atoms with van der Waals surface area (Å²) < 4.78 is 11.3. The number of aryl methyl sites for hydroxylation is 1. The highest BCUT2D eigenvalue weighted by Crippen LogP contribution is 2.25. The Balaban J connectivity index is 1.42. The summed E-state index contributed by atoms with van der Waals surface area (Å²) in [5.74, 6) is 1.01. The average molecular weight is 472 g/mol. The van der Waals surface area contributed by atoms with E-state index in [1.54, 1.807) is 0 Å². The summed E-state index contributed by atoms with van der Waals surface area (Å²) >= 11 is 0. The van der Waals surface area contributed by atoms with E-state index in [-0.39, 0.29) is 24.3 Å². The third kappa shape index (κ3) is 5.59. The van der Waals surface area contributed by atoms with Crippen LogP contribution in [0.25, 0.3) is 0 Å². The number of carbonyl (C=O) groups excluding carboxylic acids is 1. The molecule has 186 valence electrons. The maximum absolute atomic E-state index is 12.4. The molecule has 0 bridgehead atoms. The first-order valence-electron chi connectivity index (χ1n) is 12.2. The van der Waals surface area contributed by atoms with Crippen LogP contribution in [0.2, 0.25) is 0 Å². The predicted octanol–water partition coefficient (Wildman–Crippen LogP) is 2.72.